The lowest BCUT2D eigenvalue weighted by atomic mass is 9.97. The summed E-state index contributed by atoms with van der Waals surface area (Å²) in [6.07, 6.45) is 5.06. The van der Waals surface area contributed by atoms with E-state index < -0.39 is 15.8 Å². The molecule has 0 aromatic heterocycles. The summed E-state index contributed by atoms with van der Waals surface area (Å²) in [5, 5.41) is 0. The van der Waals surface area contributed by atoms with Gasteiger partial charge in [0.15, 0.2) is 5.79 Å². The highest BCUT2D eigenvalue weighted by Gasteiger charge is 2.53. The van der Waals surface area contributed by atoms with Crippen molar-refractivity contribution in [1.29, 1.82) is 0 Å². The largest absolute Gasteiger partial charge is 0.347 e. The lowest BCUT2D eigenvalue weighted by Gasteiger charge is -2.42. The van der Waals surface area contributed by atoms with E-state index in [0.717, 1.165) is 5.56 Å². The molecule has 2 fully saturated rings. The van der Waals surface area contributed by atoms with Gasteiger partial charge in [-0.3, -0.25) is 0 Å². The average Bonchev–Trinajstić information content (AvgIpc) is 3.03. The molecule has 2 saturated heterocycles. The van der Waals surface area contributed by atoms with Crippen LogP contribution < -0.4 is 0 Å². The molecule has 4 rings (SSSR count). The van der Waals surface area contributed by atoms with Gasteiger partial charge in [0.25, 0.3) is 0 Å². The third-order valence-corrected chi connectivity index (χ3v) is 6.62. The molecule has 2 unspecified atom stereocenters. The minimum atomic E-state index is -3.50. The first-order valence-electron chi connectivity index (χ1n) is 7.57. The Labute approximate surface area is 130 Å². The van der Waals surface area contributed by atoms with Crippen LogP contribution in [0.15, 0.2) is 41.3 Å². The summed E-state index contributed by atoms with van der Waals surface area (Å²) in [5.41, 5.74) is 1.05. The molecule has 118 valence electrons. The van der Waals surface area contributed by atoms with Gasteiger partial charge in [-0.15, -0.1) is 0 Å². The van der Waals surface area contributed by atoms with Crippen LogP contribution >= 0.6 is 0 Å². The van der Waals surface area contributed by atoms with Crippen molar-refractivity contribution in [2.45, 2.75) is 42.5 Å². The van der Waals surface area contributed by atoms with Crippen LogP contribution in [0.2, 0.25) is 0 Å². The summed E-state index contributed by atoms with van der Waals surface area (Å²) in [7, 11) is -3.50. The van der Waals surface area contributed by atoms with Crippen LogP contribution in [0.25, 0.3) is 0 Å². The van der Waals surface area contributed by atoms with E-state index in [-0.39, 0.29) is 12.1 Å². The van der Waals surface area contributed by atoms with Crippen molar-refractivity contribution in [3.63, 3.8) is 0 Å². The van der Waals surface area contributed by atoms with Crippen LogP contribution in [0.5, 0.6) is 0 Å². The molecule has 0 amide bonds. The first-order chi connectivity index (χ1) is 10.5. The standard InChI is InChI=1S/C16H19NO4S/c1-12-2-6-15(7-3-12)22(18,19)17-13-4-5-14(17)11-16(10-13)20-8-9-21-16/h2-7,13-14H,8-11H2,1H3. The fourth-order valence-corrected chi connectivity index (χ4v) is 5.36. The van der Waals surface area contributed by atoms with E-state index in [1.165, 1.54) is 0 Å². The number of aryl methyl sites for hydroxylation is 1. The highest BCUT2D eigenvalue weighted by molar-refractivity contribution is 7.89. The lowest BCUT2D eigenvalue weighted by molar-refractivity contribution is -0.189. The molecule has 1 aromatic rings. The number of hydrogen-bond donors (Lipinski definition) is 0. The number of ether oxygens (including phenoxy) is 2. The molecule has 2 bridgehead atoms. The maximum Gasteiger partial charge on any atom is 0.244 e. The van der Waals surface area contributed by atoms with Crippen molar-refractivity contribution in [2.24, 2.45) is 0 Å². The molecule has 5 nitrogen and oxygen atoms in total. The Hall–Kier alpha value is -1.21. The molecule has 3 aliphatic rings. The molecule has 0 saturated carbocycles. The van der Waals surface area contributed by atoms with E-state index in [9.17, 15) is 8.42 Å². The van der Waals surface area contributed by atoms with Crippen LogP contribution in [0, 0.1) is 6.92 Å². The second-order valence-corrected chi connectivity index (χ2v) is 8.03. The average molecular weight is 321 g/mol. The van der Waals surface area contributed by atoms with E-state index in [1.807, 2.05) is 31.2 Å². The molecule has 1 spiro atoms. The Balaban J connectivity index is 1.65. The molecule has 22 heavy (non-hydrogen) atoms. The van der Waals surface area contributed by atoms with Crippen molar-refractivity contribution < 1.29 is 17.9 Å². The monoisotopic (exact) mass is 321 g/mol. The third kappa shape index (κ3) is 2.13. The summed E-state index contributed by atoms with van der Waals surface area (Å²) in [4.78, 5) is 0.348. The van der Waals surface area contributed by atoms with E-state index in [0.29, 0.717) is 31.0 Å². The van der Waals surface area contributed by atoms with E-state index >= 15 is 0 Å². The highest BCUT2D eigenvalue weighted by Crippen LogP contribution is 2.43. The van der Waals surface area contributed by atoms with Crippen molar-refractivity contribution in [1.82, 2.24) is 4.31 Å². The topological polar surface area (TPSA) is 55.8 Å². The lowest BCUT2D eigenvalue weighted by Crippen LogP contribution is -2.54. The fourth-order valence-electron chi connectivity index (χ4n) is 3.63. The molecule has 1 aromatic carbocycles. The Bertz CT molecular complexity index is 686. The van der Waals surface area contributed by atoms with Crippen LogP contribution in [0.1, 0.15) is 18.4 Å². The second-order valence-electron chi connectivity index (χ2n) is 6.18. The Morgan fingerprint density at radius 3 is 2.14 bits per heavy atom. The number of nitrogens with zero attached hydrogens (tertiary/aromatic N) is 1. The van der Waals surface area contributed by atoms with E-state index in [4.69, 9.17) is 9.47 Å². The molecule has 6 heteroatoms. The smallest absolute Gasteiger partial charge is 0.244 e. The van der Waals surface area contributed by atoms with Crippen molar-refractivity contribution >= 4 is 10.0 Å². The highest BCUT2D eigenvalue weighted by atomic mass is 32.2. The number of rotatable bonds is 2. The number of piperidine rings is 1. The van der Waals surface area contributed by atoms with E-state index in [1.54, 1.807) is 16.4 Å². The Morgan fingerprint density at radius 1 is 1.05 bits per heavy atom. The predicted octanol–water partition coefficient (Wildman–Crippen LogP) is 1.83. The molecule has 2 atom stereocenters. The van der Waals surface area contributed by atoms with Gasteiger partial charge in [-0.05, 0) is 19.1 Å². The number of hydrogen-bond acceptors (Lipinski definition) is 4. The van der Waals surface area contributed by atoms with Crippen molar-refractivity contribution in [3.05, 3.63) is 42.0 Å². The first kappa shape index (κ1) is 14.4. The van der Waals surface area contributed by atoms with Gasteiger partial charge in [-0.2, -0.15) is 4.31 Å². The van der Waals surface area contributed by atoms with Crippen LogP contribution in [0.4, 0.5) is 0 Å². The molecule has 3 aliphatic heterocycles. The van der Waals surface area contributed by atoms with Gasteiger partial charge >= 0.3 is 0 Å². The Kier molecular flexibility index (Phi) is 3.20. The SMILES string of the molecule is Cc1ccc(S(=O)(=O)N2C3C=CC2CC2(C3)OCCO2)cc1. The van der Waals surface area contributed by atoms with Crippen LogP contribution in [0.3, 0.4) is 0 Å². The number of sulfonamides is 1. The molecular weight excluding hydrogens is 302 g/mol. The number of fused-ring (bicyclic) bond motifs is 2. The quantitative estimate of drug-likeness (QED) is 0.780. The van der Waals surface area contributed by atoms with Gasteiger partial charge < -0.3 is 9.47 Å². The zero-order chi connectivity index (χ0) is 15.4. The molecule has 3 heterocycles. The zero-order valence-corrected chi connectivity index (χ0v) is 13.3. The van der Waals surface area contributed by atoms with Crippen molar-refractivity contribution in [3.8, 4) is 0 Å². The van der Waals surface area contributed by atoms with Gasteiger partial charge in [0, 0.05) is 24.9 Å². The normalized spacial score (nSPS) is 30.2. The molecule has 0 aliphatic carbocycles. The predicted molar refractivity (Wildman–Crippen MR) is 80.8 cm³/mol. The minimum Gasteiger partial charge on any atom is -0.347 e. The van der Waals surface area contributed by atoms with Gasteiger partial charge in [-0.1, -0.05) is 29.8 Å². The summed E-state index contributed by atoms with van der Waals surface area (Å²) in [6, 6.07) is 6.63. The maximum atomic E-state index is 13.0. The fraction of sp³-hybridized carbons (Fsp3) is 0.500. The summed E-state index contributed by atoms with van der Waals surface area (Å²) in [5.74, 6) is -0.599. The first-order valence-corrected chi connectivity index (χ1v) is 9.01. The van der Waals surface area contributed by atoms with Crippen LogP contribution in [-0.4, -0.2) is 43.8 Å². The van der Waals surface area contributed by atoms with Gasteiger partial charge in [0.05, 0.1) is 18.1 Å². The van der Waals surface area contributed by atoms with Crippen molar-refractivity contribution in [2.75, 3.05) is 13.2 Å². The molecular formula is C16H19NO4S. The maximum absolute atomic E-state index is 13.0. The second kappa shape index (κ2) is 4.89. The van der Waals surface area contributed by atoms with E-state index in [2.05, 4.69) is 0 Å². The summed E-state index contributed by atoms with van der Waals surface area (Å²) < 4.78 is 39.1. The zero-order valence-electron chi connectivity index (χ0n) is 12.4. The molecule has 0 radical (unpaired) electrons. The molecule has 0 N–H and O–H groups in total. The van der Waals surface area contributed by atoms with Gasteiger partial charge in [0.1, 0.15) is 0 Å². The van der Waals surface area contributed by atoms with Crippen LogP contribution in [-0.2, 0) is 19.5 Å². The summed E-state index contributed by atoms with van der Waals surface area (Å²) in [6.45, 7) is 3.12. The minimum absolute atomic E-state index is 0.192. The van der Waals surface area contributed by atoms with Gasteiger partial charge in [-0.25, -0.2) is 8.42 Å². The third-order valence-electron chi connectivity index (χ3n) is 4.66. The summed E-state index contributed by atoms with van der Waals surface area (Å²) >= 11 is 0. The number of benzene rings is 1. The Morgan fingerprint density at radius 2 is 1.59 bits per heavy atom. The van der Waals surface area contributed by atoms with Gasteiger partial charge in [0.2, 0.25) is 10.0 Å².